The third-order valence-electron chi connectivity index (χ3n) is 9.27. The van der Waals surface area contributed by atoms with E-state index in [2.05, 4.69) is 13.8 Å². The van der Waals surface area contributed by atoms with Crippen molar-refractivity contribution in [3.05, 3.63) is 34.4 Å². The molecule has 4 rings (SSSR count). The molecule has 40 heavy (non-hydrogen) atoms. The van der Waals surface area contributed by atoms with Crippen LogP contribution in [0, 0.1) is 41.4 Å². The number of allylic oxidation sites excluding steroid dienone is 2. The second-order valence-corrected chi connectivity index (χ2v) is 12.1. The van der Waals surface area contributed by atoms with Gasteiger partial charge in [0.1, 0.15) is 19.1 Å². The van der Waals surface area contributed by atoms with Crippen molar-refractivity contribution in [1.82, 2.24) is 0 Å². The number of aliphatic carboxylic acids is 1. The summed E-state index contributed by atoms with van der Waals surface area (Å²) in [5.41, 5.74) is -0.141. The third-order valence-corrected chi connectivity index (χ3v) is 9.27. The number of aliphatic hydroxyl groups is 2. The van der Waals surface area contributed by atoms with Crippen LogP contribution in [0.5, 0.6) is 0 Å². The van der Waals surface area contributed by atoms with Crippen LogP contribution in [0.3, 0.4) is 0 Å². The number of ether oxygens (including phenoxy) is 3. The molecule has 10 heteroatoms. The predicted octanol–water partition coefficient (Wildman–Crippen LogP) is 2.58. The zero-order valence-corrected chi connectivity index (χ0v) is 23.6. The Kier molecular flexibility index (Phi) is 8.89. The average Bonchev–Trinajstić information content (AvgIpc) is 3.44. The Labute approximate surface area is 234 Å². The number of cyclic esters (lactones) is 2. The first-order chi connectivity index (χ1) is 18.9. The van der Waals surface area contributed by atoms with E-state index in [9.17, 15) is 34.5 Å². The van der Waals surface area contributed by atoms with Gasteiger partial charge in [-0.2, -0.15) is 0 Å². The highest BCUT2D eigenvalue weighted by Gasteiger charge is 2.60. The lowest BCUT2D eigenvalue weighted by Gasteiger charge is -2.45. The SMILES string of the molecule is CC(C)C1CCC2=C(C(=O)OC2)C1C=C(CO)C(=O)OC12CCC(C(C)C)C(C=C(CO)C(=O)O)C1C(=O)OC2. The molecule has 3 N–H and O–H groups in total. The molecule has 6 atom stereocenters. The number of esters is 3. The molecule has 0 amide bonds. The number of hydrogen-bond acceptors (Lipinski definition) is 9. The van der Waals surface area contributed by atoms with Gasteiger partial charge in [0.05, 0.1) is 24.4 Å². The Balaban J connectivity index is 1.69. The fourth-order valence-corrected chi connectivity index (χ4v) is 7.11. The molecule has 220 valence electrons. The van der Waals surface area contributed by atoms with Gasteiger partial charge >= 0.3 is 23.9 Å². The number of carboxylic acids is 1. The molecular formula is C30H40O10. The predicted molar refractivity (Wildman–Crippen MR) is 141 cm³/mol. The van der Waals surface area contributed by atoms with Crippen LogP contribution in [-0.2, 0) is 33.4 Å². The number of carbonyl (C=O) groups is 4. The largest absolute Gasteiger partial charge is 0.478 e. The fourth-order valence-electron chi connectivity index (χ4n) is 7.11. The Hall–Kier alpha value is -2.98. The number of carbonyl (C=O) groups excluding carboxylic acids is 3. The maximum atomic E-state index is 13.6. The lowest BCUT2D eigenvalue weighted by molar-refractivity contribution is -0.168. The average molecular weight is 561 g/mol. The van der Waals surface area contributed by atoms with E-state index in [0.717, 1.165) is 18.4 Å². The van der Waals surface area contributed by atoms with Crippen molar-refractivity contribution >= 4 is 23.9 Å². The van der Waals surface area contributed by atoms with Gasteiger partial charge in [-0.1, -0.05) is 39.8 Å². The number of aliphatic hydroxyl groups excluding tert-OH is 2. The van der Waals surface area contributed by atoms with Crippen LogP contribution < -0.4 is 0 Å². The summed E-state index contributed by atoms with van der Waals surface area (Å²) < 4.78 is 16.7. The van der Waals surface area contributed by atoms with Crippen molar-refractivity contribution < 1.29 is 48.7 Å². The van der Waals surface area contributed by atoms with Gasteiger partial charge in [-0.25, -0.2) is 14.4 Å². The number of fused-ring (bicyclic) bond motifs is 1. The van der Waals surface area contributed by atoms with E-state index in [1.807, 2.05) is 13.8 Å². The summed E-state index contributed by atoms with van der Waals surface area (Å²) in [5.74, 6) is -4.87. The van der Waals surface area contributed by atoms with E-state index < -0.39 is 60.4 Å². The van der Waals surface area contributed by atoms with E-state index in [1.165, 1.54) is 6.08 Å². The standard InChI is InChI=1S/C30H40O10/c1-15(2)20-6-5-17-13-38-28(36)24(17)22(20)10-19(12-32)27(35)40-30-8-7-21(16(3)4)23(9-18(11-31)26(33)34)25(30)29(37)39-14-30/h9-10,15-16,20-23,25,31-32H,5-8,11-14H2,1-4H3,(H,33,34). The van der Waals surface area contributed by atoms with Crippen LogP contribution in [0.15, 0.2) is 34.4 Å². The summed E-state index contributed by atoms with van der Waals surface area (Å²) in [5, 5.41) is 29.5. The van der Waals surface area contributed by atoms with Gasteiger partial charge in [0.2, 0.25) is 0 Å². The summed E-state index contributed by atoms with van der Waals surface area (Å²) in [4.78, 5) is 51.0. The van der Waals surface area contributed by atoms with Gasteiger partial charge in [-0.05, 0) is 60.8 Å². The molecule has 0 aromatic carbocycles. The smallest absolute Gasteiger partial charge is 0.336 e. The molecule has 0 aromatic rings. The quantitative estimate of drug-likeness (QED) is 0.218. The van der Waals surface area contributed by atoms with Gasteiger partial charge < -0.3 is 29.5 Å². The molecule has 2 aliphatic carbocycles. The normalized spacial score (nSPS) is 32.6. The van der Waals surface area contributed by atoms with Crippen LogP contribution in [0.1, 0.15) is 53.4 Å². The van der Waals surface area contributed by atoms with Crippen LogP contribution >= 0.6 is 0 Å². The molecule has 10 nitrogen and oxygen atoms in total. The molecule has 1 saturated heterocycles. The highest BCUT2D eigenvalue weighted by Crippen LogP contribution is 2.51. The Morgan fingerprint density at radius 2 is 1.68 bits per heavy atom. The first-order valence-corrected chi connectivity index (χ1v) is 14.1. The van der Waals surface area contributed by atoms with Crippen molar-refractivity contribution in [3.63, 3.8) is 0 Å². The van der Waals surface area contributed by atoms with E-state index >= 15 is 0 Å². The van der Waals surface area contributed by atoms with Crippen molar-refractivity contribution in [2.75, 3.05) is 26.4 Å². The van der Waals surface area contributed by atoms with Gasteiger partial charge in [-0.3, -0.25) is 4.79 Å². The van der Waals surface area contributed by atoms with E-state index in [4.69, 9.17) is 14.2 Å². The van der Waals surface area contributed by atoms with Crippen LogP contribution in [0.25, 0.3) is 0 Å². The zero-order chi connectivity index (χ0) is 29.4. The van der Waals surface area contributed by atoms with Crippen molar-refractivity contribution in [2.45, 2.75) is 59.0 Å². The van der Waals surface area contributed by atoms with E-state index in [1.54, 1.807) is 6.08 Å². The topological polar surface area (TPSA) is 157 Å². The maximum absolute atomic E-state index is 13.6. The van der Waals surface area contributed by atoms with Crippen LogP contribution in [-0.4, -0.2) is 71.2 Å². The van der Waals surface area contributed by atoms with Gasteiger partial charge in [0.15, 0.2) is 5.60 Å². The molecule has 0 radical (unpaired) electrons. The molecule has 2 fully saturated rings. The highest BCUT2D eigenvalue weighted by atomic mass is 16.6. The minimum absolute atomic E-state index is 0.0174. The number of carboxylic acid groups (broad SMARTS) is 1. The second kappa shape index (κ2) is 11.9. The Morgan fingerprint density at radius 1 is 1.00 bits per heavy atom. The minimum Gasteiger partial charge on any atom is -0.478 e. The zero-order valence-electron chi connectivity index (χ0n) is 23.6. The fraction of sp³-hybridized carbons (Fsp3) is 0.667. The summed E-state index contributed by atoms with van der Waals surface area (Å²) in [7, 11) is 0. The van der Waals surface area contributed by atoms with Crippen LogP contribution in [0.4, 0.5) is 0 Å². The van der Waals surface area contributed by atoms with Crippen molar-refractivity contribution in [2.24, 2.45) is 41.4 Å². The Morgan fingerprint density at radius 3 is 2.27 bits per heavy atom. The number of hydrogen-bond donors (Lipinski definition) is 3. The van der Waals surface area contributed by atoms with Crippen molar-refractivity contribution in [3.8, 4) is 0 Å². The van der Waals surface area contributed by atoms with Crippen LogP contribution in [0.2, 0.25) is 0 Å². The molecule has 0 aromatic heterocycles. The molecule has 6 unspecified atom stereocenters. The first-order valence-electron chi connectivity index (χ1n) is 14.1. The summed E-state index contributed by atoms with van der Waals surface area (Å²) >= 11 is 0. The van der Waals surface area contributed by atoms with Crippen molar-refractivity contribution in [1.29, 1.82) is 0 Å². The van der Waals surface area contributed by atoms with E-state index in [0.29, 0.717) is 18.4 Å². The second-order valence-electron chi connectivity index (χ2n) is 12.1. The highest BCUT2D eigenvalue weighted by molar-refractivity contribution is 5.94. The lowest BCUT2D eigenvalue weighted by Crippen LogP contribution is -2.52. The summed E-state index contributed by atoms with van der Waals surface area (Å²) in [6.45, 7) is 6.78. The monoisotopic (exact) mass is 560 g/mol. The molecule has 0 spiro atoms. The summed E-state index contributed by atoms with van der Waals surface area (Å²) in [6, 6.07) is 0. The molecule has 2 heterocycles. The number of rotatable bonds is 9. The molecule has 1 saturated carbocycles. The third kappa shape index (κ3) is 5.48. The molecule has 2 aliphatic heterocycles. The van der Waals surface area contributed by atoms with Gasteiger partial charge in [0, 0.05) is 11.5 Å². The molecular weight excluding hydrogens is 520 g/mol. The Bertz CT molecular complexity index is 1150. The molecule has 4 aliphatic rings. The lowest BCUT2D eigenvalue weighted by atomic mass is 9.62. The molecule has 0 bridgehead atoms. The van der Waals surface area contributed by atoms with E-state index in [-0.39, 0.29) is 48.0 Å². The van der Waals surface area contributed by atoms with Gasteiger partial charge in [-0.15, -0.1) is 0 Å². The first kappa shape index (κ1) is 30.0. The minimum atomic E-state index is -1.35. The maximum Gasteiger partial charge on any atom is 0.336 e. The van der Waals surface area contributed by atoms with Gasteiger partial charge in [0.25, 0.3) is 0 Å². The summed E-state index contributed by atoms with van der Waals surface area (Å²) in [6.07, 6.45) is 5.44.